The lowest BCUT2D eigenvalue weighted by atomic mass is 10.1. The molecule has 0 aliphatic rings. The van der Waals surface area contributed by atoms with Crippen LogP contribution in [0.4, 0.5) is 0 Å². The number of aryl methyl sites for hydroxylation is 1. The molecule has 0 saturated carbocycles. The summed E-state index contributed by atoms with van der Waals surface area (Å²) in [5.74, 6) is -0.477. The SMILES string of the molecule is C.C=C(C)C(=O)OCCn1cc[n+](C)c1.CCCCCCCCCCCCCCS(=O)(=O)O[O-]. The van der Waals surface area contributed by atoms with Crippen LogP contribution in [0.3, 0.4) is 0 Å². The molecule has 0 unspecified atom stereocenters. The van der Waals surface area contributed by atoms with E-state index in [0.717, 1.165) is 19.3 Å². The number of ether oxygens (including phenoxy) is 1. The Kier molecular flexibility index (Phi) is 22.1. The van der Waals surface area contributed by atoms with Crippen molar-refractivity contribution >= 4 is 16.1 Å². The van der Waals surface area contributed by atoms with Crippen LogP contribution in [0, 0.1) is 0 Å². The monoisotopic (exact) mass is 504 g/mol. The Bertz CT molecular complexity index is 746. The summed E-state index contributed by atoms with van der Waals surface area (Å²) in [6, 6.07) is 0. The highest BCUT2D eigenvalue weighted by Crippen LogP contribution is 2.12. The van der Waals surface area contributed by atoms with Gasteiger partial charge in [-0.05, 0) is 13.3 Å². The van der Waals surface area contributed by atoms with E-state index in [-0.39, 0.29) is 19.1 Å². The highest BCUT2D eigenvalue weighted by Gasteiger charge is 2.05. The zero-order chi connectivity index (χ0) is 25.0. The molecule has 0 aliphatic heterocycles. The number of rotatable bonds is 18. The van der Waals surface area contributed by atoms with Gasteiger partial charge in [0.25, 0.3) is 10.1 Å². The molecular weight excluding hydrogens is 456 g/mol. The fourth-order valence-electron chi connectivity index (χ4n) is 3.15. The minimum atomic E-state index is -3.79. The Morgan fingerprint density at radius 1 is 1.00 bits per heavy atom. The number of carbonyl (C=O) groups is 1. The first-order chi connectivity index (χ1) is 15.7. The van der Waals surface area contributed by atoms with Crippen LogP contribution in [0.5, 0.6) is 0 Å². The maximum absolute atomic E-state index is 11.0. The van der Waals surface area contributed by atoms with E-state index in [4.69, 9.17) is 4.74 Å². The molecule has 0 fully saturated rings. The number of unbranched alkanes of at least 4 members (excludes halogenated alkanes) is 11. The molecule has 0 radical (unpaired) electrons. The first-order valence-electron chi connectivity index (χ1n) is 12.1. The van der Waals surface area contributed by atoms with Crippen molar-refractivity contribution in [2.75, 3.05) is 12.4 Å². The van der Waals surface area contributed by atoms with Crippen LogP contribution < -0.4 is 9.82 Å². The molecule has 0 bridgehead atoms. The Morgan fingerprint density at radius 2 is 1.50 bits per heavy atom. The Hall–Kier alpha value is -1.71. The number of nitrogens with zero attached hydrogens (tertiary/aromatic N) is 2. The zero-order valence-corrected chi connectivity index (χ0v) is 21.6. The lowest BCUT2D eigenvalue weighted by Gasteiger charge is -2.07. The number of aromatic nitrogens is 2. The summed E-state index contributed by atoms with van der Waals surface area (Å²) in [6.07, 6.45) is 20.0. The molecule has 34 heavy (non-hydrogen) atoms. The van der Waals surface area contributed by atoms with Crippen LogP contribution in [0.25, 0.3) is 0 Å². The maximum atomic E-state index is 11.0. The van der Waals surface area contributed by atoms with Crippen molar-refractivity contribution in [3.8, 4) is 0 Å². The molecular formula is C25H48N2O6S. The van der Waals surface area contributed by atoms with E-state index in [1.807, 2.05) is 34.9 Å². The van der Waals surface area contributed by atoms with Crippen molar-refractivity contribution in [3.05, 3.63) is 30.9 Å². The van der Waals surface area contributed by atoms with E-state index >= 15 is 0 Å². The highest BCUT2D eigenvalue weighted by molar-refractivity contribution is 7.86. The average Bonchev–Trinajstić information content (AvgIpc) is 3.19. The van der Waals surface area contributed by atoms with E-state index in [2.05, 4.69) is 17.8 Å². The smallest absolute Gasteiger partial charge is 0.333 e. The van der Waals surface area contributed by atoms with Gasteiger partial charge in [0.05, 0.1) is 12.8 Å². The summed E-state index contributed by atoms with van der Waals surface area (Å²) in [5.41, 5.74) is 0.433. The van der Waals surface area contributed by atoms with Crippen molar-refractivity contribution < 1.29 is 32.1 Å². The van der Waals surface area contributed by atoms with E-state index in [0.29, 0.717) is 25.1 Å². The lowest BCUT2D eigenvalue weighted by molar-refractivity contribution is -0.671. The molecule has 8 nitrogen and oxygen atoms in total. The van der Waals surface area contributed by atoms with Crippen molar-refractivity contribution in [3.63, 3.8) is 0 Å². The fourth-order valence-corrected chi connectivity index (χ4v) is 3.78. The molecule has 1 heterocycles. The molecule has 1 aromatic rings. The largest absolute Gasteiger partial charge is 0.707 e. The van der Waals surface area contributed by atoms with Crippen molar-refractivity contribution in [2.45, 2.75) is 105 Å². The van der Waals surface area contributed by atoms with E-state index < -0.39 is 10.1 Å². The molecule has 1 rings (SSSR count). The third-order valence-electron chi connectivity index (χ3n) is 5.11. The predicted molar refractivity (Wildman–Crippen MR) is 134 cm³/mol. The van der Waals surface area contributed by atoms with E-state index in [9.17, 15) is 18.5 Å². The summed E-state index contributed by atoms with van der Waals surface area (Å²) in [5, 5.41) is 9.80. The highest BCUT2D eigenvalue weighted by atomic mass is 32.2. The average molecular weight is 505 g/mol. The second kappa shape index (κ2) is 21.8. The van der Waals surface area contributed by atoms with Gasteiger partial charge < -0.3 is 14.3 Å². The molecule has 0 saturated heterocycles. The van der Waals surface area contributed by atoms with Crippen LogP contribution in [0.1, 0.15) is 98.3 Å². The standard InChI is InChI=1S/C14H30O4S.C10H15N2O2.CH4/c1-2-3-4-5-6-7-8-9-10-11-12-13-14-19(16,17)18-15;1-9(2)10(13)14-7-6-12-5-4-11(3)8-12;/h15H,2-14H2,1H3;4-5,8H,1,6-7H2,2-3H3;1H4/q;+1;/p-1. The second-order valence-corrected chi connectivity index (χ2v) is 10.1. The Labute approximate surface area is 208 Å². The van der Waals surface area contributed by atoms with Gasteiger partial charge in [-0.1, -0.05) is 91.6 Å². The Balaban J connectivity index is 0. The molecule has 0 N–H and O–H groups in total. The molecule has 1 aromatic heterocycles. The molecule has 0 aromatic carbocycles. The minimum Gasteiger partial charge on any atom is -0.707 e. The van der Waals surface area contributed by atoms with Gasteiger partial charge in [-0.25, -0.2) is 22.3 Å². The molecule has 200 valence electrons. The molecule has 0 atom stereocenters. The van der Waals surface area contributed by atoms with Gasteiger partial charge in [-0.2, -0.15) is 0 Å². The second-order valence-electron chi connectivity index (χ2n) is 8.45. The summed E-state index contributed by atoms with van der Waals surface area (Å²) in [7, 11) is -1.85. The first-order valence-corrected chi connectivity index (χ1v) is 13.7. The van der Waals surface area contributed by atoms with Gasteiger partial charge in [0.1, 0.15) is 25.5 Å². The van der Waals surface area contributed by atoms with Crippen LogP contribution in [0.15, 0.2) is 30.9 Å². The third kappa shape index (κ3) is 20.9. The maximum Gasteiger partial charge on any atom is 0.333 e. The molecule has 0 spiro atoms. The number of imidazole rings is 1. The fraction of sp³-hybridized carbons (Fsp3) is 0.760. The van der Waals surface area contributed by atoms with Crippen molar-refractivity contribution in [1.82, 2.24) is 4.57 Å². The third-order valence-corrected chi connectivity index (χ3v) is 6.10. The van der Waals surface area contributed by atoms with Gasteiger partial charge in [-0.15, -0.1) is 0 Å². The van der Waals surface area contributed by atoms with Crippen LogP contribution in [-0.2, 0) is 37.6 Å². The number of hydrogen-bond donors (Lipinski definition) is 0. The topological polar surface area (TPSA) is 102 Å². The summed E-state index contributed by atoms with van der Waals surface area (Å²) < 4.78 is 33.5. The number of hydrogen-bond acceptors (Lipinski definition) is 6. The van der Waals surface area contributed by atoms with Crippen LogP contribution >= 0.6 is 0 Å². The molecule has 9 heteroatoms. The van der Waals surface area contributed by atoms with Gasteiger partial charge in [0.15, 0.2) is 0 Å². The van der Waals surface area contributed by atoms with Crippen LogP contribution in [-0.4, -0.2) is 31.3 Å². The normalized spacial score (nSPS) is 10.7. The lowest BCUT2D eigenvalue weighted by Crippen LogP contribution is -2.24. The molecule has 0 amide bonds. The quantitative estimate of drug-likeness (QED) is 0.0734. The summed E-state index contributed by atoms with van der Waals surface area (Å²) in [6.45, 7) is 8.41. The van der Waals surface area contributed by atoms with Gasteiger partial charge in [0, 0.05) is 5.57 Å². The van der Waals surface area contributed by atoms with Gasteiger partial charge in [-0.3, -0.25) is 0 Å². The van der Waals surface area contributed by atoms with Crippen molar-refractivity contribution in [2.24, 2.45) is 7.05 Å². The first kappa shape index (κ1) is 34.5. The number of esters is 1. The molecule has 0 aliphatic carbocycles. The van der Waals surface area contributed by atoms with E-state index in [1.54, 1.807) is 6.92 Å². The summed E-state index contributed by atoms with van der Waals surface area (Å²) in [4.78, 5) is 11.0. The predicted octanol–water partition coefficient (Wildman–Crippen LogP) is 4.38. The Morgan fingerprint density at radius 3 is 1.91 bits per heavy atom. The van der Waals surface area contributed by atoms with Gasteiger partial charge in [0.2, 0.25) is 6.33 Å². The number of carbonyl (C=O) groups excluding carboxylic acids is 1. The van der Waals surface area contributed by atoms with Gasteiger partial charge >= 0.3 is 5.97 Å². The zero-order valence-electron chi connectivity index (χ0n) is 20.8. The van der Waals surface area contributed by atoms with Crippen LogP contribution in [0.2, 0.25) is 0 Å². The minimum absolute atomic E-state index is 0. The summed E-state index contributed by atoms with van der Waals surface area (Å²) >= 11 is 0. The van der Waals surface area contributed by atoms with Crippen molar-refractivity contribution in [1.29, 1.82) is 0 Å². The van der Waals surface area contributed by atoms with E-state index in [1.165, 1.54) is 51.4 Å².